The van der Waals surface area contributed by atoms with Crippen LogP contribution >= 0.6 is 11.6 Å². The Labute approximate surface area is 178 Å². The second-order valence-corrected chi connectivity index (χ2v) is 6.57. The quantitative estimate of drug-likeness (QED) is 0.331. The molecule has 2 aromatic carbocycles. The summed E-state index contributed by atoms with van der Waals surface area (Å²) < 4.78 is 10.7. The van der Waals surface area contributed by atoms with E-state index in [0.29, 0.717) is 27.8 Å². The van der Waals surface area contributed by atoms with Gasteiger partial charge in [-0.15, -0.1) is 0 Å². The number of carbonyl (C=O) groups is 2. The van der Waals surface area contributed by atoms with E-state index in [0.717, 1.165) is 5.56 Å². The fraction of sp³-hybridized carbons (Fsp3) is 0.0870. The van der Waals surface area contributed by atoms with Gasteiger partial charge in [0, 0.05) is 22.3 Å². The first-order valence-electron chi connectivity index (χ1n) is 9.06. The number of nitrogens with zero attached hydrogens (tertiary/aromatic N) is 1. The highest BCUT2D eigenvalue weighted by atomic mass is 35.5. The van der Waals surface area contributed by atoms with Gasteiger partial charge in [-0.1, -0.05) is 17.7 Å². The molecule has 7 heteroatoms. The summed E-state index contributed by atoms with van der Waals surface area (Å²) >= 11 is 5.89. The molecule has 30 heavy (non-hydrogen) atoms. The van der Waals surface area contributed by atoms with Gasteiger partial charge in [0.15, 0.2) is 0 Å². The molecule has 150 valence electrons. The van der Waals surface area contributed by atoms with Gasteiger partial charge < -0.3 is 14.5 Å². The maximum atomic E-state index is 12.5. The molecule has 1 amide bonds. The highest BCUT2D eigenvalue weighted by Crippen LogP contribution is 2.25. The fourth-order valence-electron chi connectivity index (χ4n) is 2.63. The number of ether oxygens (including phenoxy) is 1. The largest absolute Gasteiger partial charge is 0.462 e. The van der Waals surface area contributed by atoms with E-state index in [1.807, 2.05) is 18.2 Å². The third kappa shape index (κ3) is 5.16. The number of anilines is 1. The summed E-state index contributed by atoms with van der Waals surface area (Å²) in [4.78, 5) is 24.3. The zero-order valence-electron chi connectivity index (χ0n) is 16.0. The number of benzene rings is 2. The predicted octanol–water partition coefficient (Wildman–Crippen LogP) is 5.32. The van der Waals surface area contributed by atoms with E-state index in [2.05, 4.69) is 5.32 Å². The van der Waals surface area contributed by atoms with Crippen LogP contribution in [0.2, 0.25) is 5.02 Å². The lowest BCUT2D eigenvalue weighted by molar-refractivity contribution is -0.112. The van der Waals surface area contributed by atoms with Crippen molar-refractivity contribution in [3.63, 3.8) is 0 Å². The summed E-state index contributed by atoms with van der Waals surface area (Å²) in [5.74, 6) is -0.178. The Morgan fingerprint density at radius 3 is 2.63 bits per heavy atom. The average Bonchev–Trinajstić information content (AvgIpc) is 3.21. The van der Waals surface area contributed by atoms with Crippen LogP contribution in [0.3, 0.4) is 0 Å². The van der Waals surface area contributed by atoms with Crippen molar-refractivity contribution in [1.29, 1.82) is 5.26 Å². The van der Waals surface area contributed by atoms with E-state index in [9.17, 15) is 14.9 Å². The molecule has 0 aliphatic rings. The first-order valence-corrected chi connectivity index (χ1v) is 9.44. The van der Waals surface area contributed by atoms with Crippen LogP contribution in [0.25, 0.3) is 17.4 Å². The zero-order valence-corrected chi connectivity index (χ0v) is 16.8. The molecule has 1 aromatic heterocycles. The summed E-state index contributed by atoms with van der Waals surface area (Å²) in [6.07, 6.45) is 1.35. The van der Waals surface area contributed by atoms with Crippen LogP contribution in [0.4, 0.5) is 5.69 Å². The molecule has 0 aliphatic heterocycles. The maximum absolute atomic E-state index is 12.5. The Balaban J connectivity index is 1.76. The van der Waals surface area contributed by atoms with Crippen molar-refractivity contribution in [1.82, 2.24) is 0 Å². The minimum absolute atomic E-state index is 0.145. The smallest absolute Gasteiger partial charge is 0.338 e. The molecule has 1 heterocycles. The number of rotatable bonds is 6. The van der Waals surface area contributed by atoms with Crippen LogP contribution in [0.15, 0.2) is 70.7 Å². The summed E-state index contributed by atoms with van der Waals surface area (Å²) in [6, 6.07) is 18.7. The van der Waals surface area contributed by atoms with Crippen molar-refractivity contribution >= 4 is 35.2 Å². The highest BCUT2D eigenvalue weighted by molar-refractivity contribution is 6.30. The van der Waals surface area contributed by atoms with Gasteiger partial charge in [-0.25, -0.2) is 4.79 Å². The van der Waals surface area contributed by atoms with Crippen molar-refractivity contribution in [2.75, 3.05) is 11.9 Å². The molecule has 0 fully saturated rings. The minimum Gasteiger partial charge on any atom is -0.462 e. The van der Waals surface area contributed by atoms with Crippen molar-refractivity contribution in [2.24, 2.45) is 0 Å². The first kappa shape index (κ1) is 20.9. The molecule has 0 saturated heterocycles. The second-order valence-electron chi connectivity index (χ2n) is 6.13. The number of hydrogen-bond donors (Lipinski definition) is 1. The Morgan fingerprint density at radius 1 is 1.17 bits per heavy atom. The third-order valence-corrected chi connectivity index (χ3v) is 4.29. The molecular formula is C23H17ClN2O4. The van der Waals surface area contributed by atoms with Crippen molar-refractivity contribution in [3.8, 4) is 17.4 Å². The molecular weight excluding hydrogens is 404 g/mol. The van der Waals surface area contributed by atoms with Crippen LogP contribution in [-0.4, -0.2) is 18.5 Å². The number of furan rings is 1. The number of nitriles is 1. The van der Waals surface area contributed by atoms with Crippen LogP contribution < -0.4 is 5.32 Å². The van der Waals surface area contributed by atoms with E-state index in [4.69, 9.17) is 20.8 Å². The van der Waals surface area contributed by atoms with E-state index >= 15 is 0 Å². The fourth-order valence-corrected chi connectivity index (χ4v) is 2.75. The van der Waals surface area contributed by atoms with E-state index in [-0.39, 0.29) is 12.2 Å². The van der Waals surface area contributed by atoms with Gasteiger partial charge in [0.05, 0.1) is 12.2 Å². The molecule has 6 nitrogen and oxygen atoms in total. The van der Waals surface area contributed by atoms with Crippen molar-refractivity contribution in [2.45, 2.75) is 6.92 Å². The molecule has 3 aromatic rings. The van der Waals surface area contributed by atoms with Gasteiger partial charge in [0.2, 0.25) is 0 Å². The van der Waals surface area contributed by atoms with E-state index in [1.54, 1.807) is 49.4 Å². The monoisotopic (exact) mass is 420 g/mol. The SMILES string of the molecule is CCOC(=O)c1cccc(NC(=O)/C(C#N)=C\c2ccc(-c3ccc(Cl)cc3)o2)c1. The Hall–Kier alpha value is -3.82. The number of hydrogen-bond acceptors (Lipinski definition) is 5. The topological polar surface area (TPSA) is 92.3 Å². The molecule has 0 saturated carbocycles. The van der Waals surface area contributed by atoms with Gasteiger partial charge in [-0.2, -0.15) is 5.26 Å². The van der Waals surface area contributed by atoms with E-state index in [1.165, 1.54) is 12.1 Å². The van der Waals surface area contributed by atoms with Crippen molar-refractivity contribution in [3.05, 3.63) is 82.6 Å². The average molecular weight is 421 g/mol. The normalized spacial score (nSPS) is 10.9. The summed E-state index contributed by atoms with van der Waals surface area (Å²) in [6.45, 7) is 1.96. The van der Waals surface area contributed by atoms with Crippen LogP contribution in [0.1, 0.15) is 23.0 Å². The first-order chi connectivity index (χ1) is 14.5. The number of carbonyl (C=O) groups excluding carboxylic acids is 2. The van der Waals surface area contributed by atoms with Crippen LogP contribution in [0.5, 0.6) is 0 Å². The molecule has 3 rings (SSSR count). The molecule has 0 unspecified atom stereocenters. The Morgan fingerprint density at radius 2 is 1.93 bits per heavy atom. The molecule has 0 aliphatic carbocycles. The number of esters is 1. The van der Waals surface area contributed by atoms with Crippen molar-refractivity contribution < 1.29 is 18.7 Å². The number of nitrogens with one attached hydrogen (secondary N) is 1. The molecule has 0 spiro atoms. The van der Waals surface area contributed by atoms with Gasteiger partial charge in [-0.3, -0.25) is 4.79 Å². The zero-order chi connectivity index (χ0) is 21.5. The number of halogens is 1. The Kier molecular flexibility index (Phi) is 6.68. The maximum Gasteiger partial charge on any atom is 0.338 e. The lowest BCUT2D eigenvalue weighted by atomic mass is 10.2. The number of amides is 1. The van der Waals surface area contributed by atoms with Gasteiger partial charge in [0.25, 0.3) is 5.91 Å². The standard InChI is InChI=1S/C23H17ClN2O4/c1-2-29-23(28)16-4-3-5-19(12-16)26-22(27)17(14-25)13-20-10-11-21(30-20)15-6-8-18(24)9-7-15/h3-13H,2H2,1H3,(H,26,27)/b17-13-. The lowest BCUT2D eigenvalue weighted by Gasteiger charge is -2.06. The highest BCUT2D eigenvalue weighted by Gasteiger charge is 2.13. The van der Waals surface area contributed by atoms with E-state index < -0.39 is 11.9 Å². The minimum atomic E-state index is -0.622. The third-order valence-electron chi connectivity index (χ3n) is 4.04. The van der Waals surface area contributed by atoms with Gasteiger partial charge >= 0.3 is 5.97 Å². The van der Waals surface area contributed by atoms with Gasteiger partial charge in [-0.05, 0) is 61.5 Å². The molecule has 0 radical (unpaired) electrons. The second kappa shape index (κ2) is 9.59. The van der Waals surface area contributed by atoms with Gasteiger partial charge in [0.1, 0.15) is 23.2 Å². The molecule has 0 bridgehead atoms. The molecule has 1 N–H and O–H groups in total. The summed E-state index contributed by atoms with van der Waals surface area (Å²) in [5, 5.41) is 12.6. The lowest BCUT2D eigenvalue weighted by Crippen LogP contribution is -2.14. The summed E-state index contributed by atoms with van der Waals surface area (Å²) in [5.41, 5.74) is 1.34. The predicted molar refractivity (Wildman–Crippen MR) is 114 cm³/mol. The van der Waals surface area contributed by atoms with Crippen LogP contribution in [0, 0.1) is 11.3 Å². The summed E-state index contributed by atoms with van der Waals surface area (Å²) in [7, 11) is 0. The van der Waals surface area contributed by atoms with Crippen LogP contribution in [-0.2, 0) is 9.53 Å². The Bertz CT molecular complexity index is 1140. The molecule has 0 atom stereocenters.